The smallest absolute Gasteiger partial charge is 0.161 e. The summed E-state index contributed by atoms with van der Waals surface area (Å²) < 4.78 is 0. The second kappa shape index (κ2) is 4.89. The first-order valence-corrected chi connectivity index (χ1v) is 6.64. The van der Waals surface area contributed by atoms with Gasteiger partial charge in [0.05, 0.1) is 5.69 Å². The van der Waals surface area contributed by atoms with E-state index in [1.165, 1.54) is 0 Å². The molecule has 0 aliphatic heterocycles. The number of nitrogens with zero attached hydrogens (tertiary/aromatic N) is 3. The van der Waals surface area contributed by atoms with Gasteiger partial charge < -0.3 is 0 Å². The van der Waals surface area contributed by atoms with Crippen LogP contribution in [0, 0.1) is 13.8 Å². The molecule has 0 atom stereocenters. The number of hydrogen-bond acceptors (Lipinski definition) is 3. The highest BCUT2D eigenvalue weighted by Crippen LogP contribution is 2.26. The Morgan fingerprint density at radius 3 is 2.00 bits per heavy atom. The highest BCUT2D eigenvalue weighted by atomic mass is 35.5. The third kappa shape index (κ3) is 3.29. The molecule has 19 heavy (non-hydrogen) atoms. The van der Waals surface area contributed by atoms with Crippen LogP contribution in [0.5, 0.6) is 0 Å². The van der Waals surface area contributed by atoms with E-state index in [-0.39, 0.29) is 5.41 Å². The minimum Gasteiger partial charge on any atom is -0.258 e. The topological polar surface area (TPSA) is 38.7 Å². The molecule has 0 fully saturated rings. The summed E-state index contributed by atoms with van der Waals surface area (Å²) in [6, 6.07) is 5.78. The predicted octanol–water partition coefficient (Wildman–Crippen LogP) is 4.11. The number of rotatable bonds is 1. The van der Waals surface area contributed by atoms with Gasteiger partial charge in [-0.05, 0) is 32.0 Å². The molecule has 2 rings (SSSR count). The third-order valence-corrected chi connectivity index (χ3v) is 3.00. The van der Waals surface area contributed by atoms with Crippen LogP contribution in [-0.4, -0.2) is 15.0 Å². The van der Waals surface area contributed by atoms with Crippen molar-refractivity contribution >= 4 is 11.6 Å². The van der Waals surface area contributed by atoms with Gasteiger partial charge in [0.2, 0.25) is 0 Å². The molecule has 0 aliphatic carbocycles. The first kappa shape index (κ1) is 13.9. The number of halogens is 1. The van der Waals surface area contributed by atoms with Gasteiger partial charge in [0.15, 0.2) is 5.82 Å². The molecule has 0 unspecified atom stereocenters. The van der Waals surface area contributed by atoms with Crippen LogP contribution in [-0.2, 0) is 5.41 Å². The van der Waals surface area contributed by atoms with E-state index < -0.39 is 0 Å². The lowest BCUT2D eigenvalue weighted by Crippen LogP contribution is -2.14. The molecule has 0 amide bonds. The van der Waals surface area contributed by atoms with Crippen LogP contribution >= 0.6 is 11.6 Å². The monoisotopic (exact) mass is 275 g/mol. The molecule has 0 saturated carbocycles. The van der Waals surface area contributed by atoms with Crippen LogP contribution in [0.1, 0.15) is 37.9 Å². The molecule has 2 aromatic heterocycles. The summed E-state index contributed by atoms with van der Waals surface area (Å²) in [5.74, 6) is 0.658. The summed E-state index contributed by atoms with van der Waals surface area (Å²) in [6.45, 7) is 10.3. The average molecular weight is 276 g/mol. The van der Waals surface area contributed by atoms with Crippen molar-refractivity contribution in [2.24, 2.45) is 0 Å². The van der Waals surface area contributed by atoms with Crippen LogP contribution < -0.4 is 0 Å². The van der Waals surface area contributed by atoms with Crippen molar-refractivity contribution in [2.45, 2.75) is 40.0 Å². The van der Waals surface area contributed by atoms with Crippen molar-refractivity contribution < 1.29 is 0 Å². The first-order chi connectivity index (χ1) is 8.75. The van der Waals surface area contributed by atoms with Gasteiger partial charge in [-0.1, -0.05) is 32.4 Å². The molecule has 3 nitrogen and oxygen atoms in total. The quantitative estimate of drug-likeness (QED) is 0.735. The van der Waals surface area contributed by atoms with Crippen LogP contribution in [0.15, 0.2) is 18.2 Å². The Labute approximate surface area is 119 Å². The van der Waals surface area contributed by atoms with E-state index >= 15 is 0 Å². The van der Waals surface area contributed by atoms with Crippen LogP contribution in [0.25, 0.3) is 11.4 Å². The van der Waals surface area contributed by atoms with Crippen molar-refractivity contribution in [3.63, 3.8) is 0 Å². The molecule has 0 bridgehead atoms. The molecule has 4 heteroatoms. The zero-order chi connectivity index (χ0) is 14.2. The molecular weight excluding hydrogens is 258 g/mol. The Morgan fingerprint density at radius 2 is 1.47 bits per heavy atom. The number of pyridine rings is 1. The standard InChI is InChI=1S/C15H18ClN3/c1-9-6-11(7-10(2)17-9)14-18-12(15(3,4)5)8-13(16)19-14/h6-8H,1-5H3. The molecule has 0 N–H and O–H groups in total. The van der Waals surface area contributed by atoms with Gasteiger partial charge in [0.25, 0.3) is 0 Å². The Bertz CT molecular complexity index is 595. The van der Waals surface area contributed by atoms with Gasteiger partial charge in [-0.15, -0.1) is 0 Å². The molecule has 0 saturated heterocycles. The van der Waals surface area contributed by atoms with E-state index in [4.69, 9.17) is 11.6 Å². The minimum absolute atomic E-state index is 0.0571. The van der Waals surface area contributed by atoms with Gasteiger partial charge in [-0.25, -0.2) is 9.97 Å². The fraction of sp³-hybridized carbons (Fsp3) is 0.400. The van der Waals surface area contributed by atoms with E-state index in [0.717, 1.165) is 22.6 Å². The lowest BCUT2D eigenvalue weighted by atomic mass is 9.92. The van der Waals surface area contributed by atoms with E-state index in [0.29, 0.717) is 11.0 Å². The number of aromatic nitrogens is 3. The predicted molar refractivity (Wildman–Crippen MR) is 78.4 cm³/mol. The summed E-state index contributed by atoms with van der Waals surface area (Å²) in [5, 5.41) is 0.474. The highest BCUT2D eigenvalue weighted by molar-refractivity contribution is 6.29. The highest BCUT2D eigenvalue weighted by Gasteiger charge is 2.18. The fourth-order valence-corrected chi connectivity index (χ4v) is 2.08. The molecule has 2 heterocycles. The van der Waals surface area contributed by atoms with Crippen molar-refractivity contribution in [1.82, 2.24) is 15.0 Å². The lowest BCUT2D eigenvalue weighted by Gasteiger charge is -2.18. The minimum atomic E-state index is -0.0571. The number of hydrogen-bond donors (Lipinski definition) is 0. The van der Waals surface area contributed by atoms with E-state index in [1.807, 2.05) is 32.0 Å². The summed E-state index contributed by atoms with van der Waals surface area (Å²) in [6.07, 6.45) is 0. The summed E-state index contributed by atoms with van der Waals surface area (Å²) in [4.78, 5) is 13.3. The van der Waals surface area contributed by atoms with Crippen molar-refractivity contribution in [3.8, 4) is 11.4 Å². The second-order valence-corrected chi connectivity index (χ2v) is 6.18. The van der Waals surface area contributed by atoms with Crippen LogP contribution in [0.3, 0.4) is 0 Å². The SMILES string of the molecule is Cc1cc(-c2nc(Cl)cc(C(C)(C)C)n2)cc(C)n1. The Kier molecular flexibility index (Phi) is 3.59. The lowest BCUT2D eigenvalue weighted by molar-refractivity contribution is 0.568. The zero-order valence-corrected chi connectivity index (χ0v) is 12.7. The average Bonchev–Trinajstić information content (AvgIpc) is 2.25. The van der Waals surface area contributed by atoms with Gasteiger partial charge in [0, 0.05) is 22.4 Å². The Hall–Kier alpha value is -1.48. The zero-order valence-electron chi connectivity index (χ0n) is 12.0. The summed E-state index contributed by atoms with van der Waals surface area (Å²) in [5.41, 5.74) is 3.75. The normalized spacial score (nSPS) is 11.7. The summed E-state index contributed by atoms with van der Waals surface area (Å²) >= 11 is 6.12. The maximum atomic E-state index is 6.12. The molecule has 100 valence electrons. The van der Waals surface area contributed by atoms with Gasteiger partial charge in [-0.3, -0.25) is 4.98 Å². The largest absolute Gasteiger partial charge is 0.258 e. The molecule has 2 aromatic rings. The Balaban J connectivity index is 2.59. The molecule has 0 aromatic carbocycles. The maximum Gasteiger partial charge on any atom is 0.161 e. The van der Waals surface area contributed by atoms with Gasteiger partial charge in [-0.2, -0.15) is 0 Å². The Morgan fingerprint density at radius 1 is 0.895 bits per heavy atom. The van der Waals surface area contributed by atoms with Crippen LogP contribution in [0.2, 0.25) is 5.15 Å². The van der Waals surface area contributed by atoms with E-state index in [1.54, 1.807) is 0 Å². The molecule has 0 spiro atoms. The maximum absolute atomic E-state index is 6.12. The van der Waals surface area contributed by atoms with Gasteiger partial charge in [0.1, 0.15) is 5.15 Å². The van der Waals surface area contributed by atoms with E-state index in [9.17, 15) is 0 Å². The van der Waals surface area contributed by atoms with Crippen molar-refractivity contribution in [1.29, 1.82) is 0 Å². The second-order valence-electron chi connectivity index (χ2n) is 5.79. The van der Waals surface area contributed by atoms with Crippen molar-refractivity contribution in [3.05, 3.63) is 40.4 Å². The molecule has 0 aliphatic rings. The van der Waals surface area contributed by atoms with Crippen molar-refractivity contribution in [2.75, 3.05) is 0 Å². The summed E-state index contributed by atoms with van der Waals surface area (Å²) in [7, 11) is 0. The first-order valence-electron chi connectivity index (χ1n) is 6.26. The third-order valence-electron chi connectivity index (χ3n) is 2.80. The molecule has 0 radical (unpaired) electrons. The van der Waals surface area contributed by atoms with Gasteiger partial charge >= 0.3 is 0 Å². The number of aryl methyl sites for hydroxylation is 2. The van der Waals surface area contributed by atoms with Crippen LogP contribution in [0.4, 0.5) is 0 Å². The molecular formula is C15H18ClN3. The van der Waals surface area contributed by atoms with E-state index in [2.05, 4.69) is 35.7 Å². The fourth-order valence-electron chi connectivity index (χ4n) is 1.89.